The molecule has 9 heteroatoms. The van der Waals surface area contributed by atoms with E-state index >= 15 is 0 Å². The predicted octanol–water partition coefficient (Wildman–Crippen LogP) is 3.43. The highest BCUT2D eigenvalue weighted by molar-refractivity contribution is 7.98. The van der Waals surface area contributed by atoms with Gasteiger partial charge in [0.1, 0.15) is 5.58 Å². The maximum atomic E-state index is 12.0. The molecule has 0 spiro atoms. The summed E-state index contributed by atoms with van der Waals surface area (Å²) < 4.78 is 12.6. The number of thioether (sulfide) groups is 1. The van der Waals surface area contributed by atoms with Crippen molar-refractivity contribution in [3.63, 3.8) is 0 Å². The van der Waals surface area contributed by atoms with E-state index < -0.39 is 11.5 Å². The molecule has 8 nitrogen and oxygen atoms in total. The van der Waals surface area contributed by atoms with Crippen LogP contribution in [0, 0.1) is 13.8 Å². The lowest BCUT2D eigenvalue weighted by Crippen LogP contribution is -2.15. The zero-order valence-corrected chi connectivity index (χ0v) is 17.4. The van der Waals surface area contributed by atoms with Crippen molar-refractivity contribution in [1.82, 2.24) is 14.8 Å². The normalized spacial score (nSPS) is 11.3. The van der Waals surface area contributed by atoms with Gasteiger partial charge in [-0.1, -0.05) is 11.8 Å². The molecule has 0 aliphatic carbocycles. The Labute approximate surface area is 176 Å². The number of aryl methyl sites for hydroxylation is 2. The van der Waals surface area contributed by atoms with E-state index in [1.807, 2.05) is 26.0 Å². The van der Waals surface area contributed by atoms with Crippen LogP contribution in [0.2, 0.25) is 0 Å². The maximum Gasteiger partial charge on any atom is 0.336 e. The minimum atomic E-state index is -0.414. The molecule has 4 rings (SSSR count). The molecule has 0 saturated carbocycles. The number of furan rings is 1. The van der Waals surface area contributed by atoms with Crippen LogP contribution >= 0.6 is 11.8 Å². The van der Waals surface area contributed by atoms with Crippen molar-refractivity contribution in [2.24, 2.45) is 5.73 Å². The molecule has 2 N–H and O–H groups in total. The monoisotopic (exact) mass is 424 g/mol. The second-order valence-corrected chi connectivity index (χ2v) is 7.91. The summed E-state index contributed by atoms with van der Waals surface area (Å²) in [7, 11) is 0. The lowest BCUT2D eigenvalue weighted by molar-refractivity contribution is -0.118. The number of nitrogens with zero attached hydrogens (tertiary/aromatic N) is 3. The molecule has 0 unspecified atom stereocenters. The van der Waals surface area contributed by atoms with Crippen LogP contribution in [0.5, 0.6) is 0 Å². The molecule has 0 aliphatic heterocycles. The van der Waals surface area contributed by atoms with Gasteiger partial charge in [0.25, 0.3) is 0 Å². The van der Waals surface area contributed by atoms with E-state index in [0.29, 0.717) is 34.6 Å². The maximum absolute atomic E-state index is 12.0. The van der Waals surface area contributed by atoms with Crippen molar-refractivity contribution >= 4 is 28.6 Å². The average molecular weight is 424 g/mol. The Morgan fingerprint density at radius 2 is 2.00 bits per heavy atom. The third-order valence-corrected chi connectivity index (χ3v) is 5.86. The Bertz CT molecular complexity index is 1270. The Morgan fingerprint density at radius 3 is 2.73 bits per heavy atom. The molecule has 0 fully saturated rings. The number of carbonyl (C=O) groups excluding carboxylic acids is 1. The van der Waals surface area contributed by atoms with Crippen LogP contribution in [0.25, 0.3) is 22.6 Å². The molecule has 0 saturated heterocycles. The van der Waals surface area contributed by atoms with Gasteiger partial charge in [-0.3, -0.25) is 9.36 Å². The Hall–Kier alpha value is -3.33. The zero-order chi connectivity index (χ0) is 21.3. The summed E-state index contributed by atoms with van der Waals surface area (Å²) in [6, 6.07) is 8.94. The fourth-order valence-electron chi connectivity index (χ4n) is 3.15. The minimum absolute atomic E-state index is 0.148. The largest absolute Gasteiger partial charge is 0.461 e. The van der Waals surface area contributed by atoms with Crippen LogP contribution < -0.4 is 11.4 Å². The van der Waals surface area contributed by atoms with Crippen LogP contribution in [0.3, 0.4) is 0 Å². The Morgan fingerprint density at radius 1 is 1.20 bits per heavy atom. The van der Waals surface area contributed by atoms with Crippen LogP contribution in [0.15, 0.2) is 55.4 Å². The molecular formula is C21H20N4O4S. The highest BCUT2D eigenvalue weighted by Crippen LogP contribution is 2.30. The summed E-state index contributed by atoms with van der Waals surface area (Å²) in [5.41, 5.74) is 8.52. The second-order valence-electron chi connectivity index (χ2n) is 6.96. The summed E-state index contributed by atoms with van der Waals surface area (Å²) in [6.07, 6.45) is 1.70. The van der Waals surface area contributed by atoms with Gasteiger partial charge in [0.15, 0.2) is 16.7 Å². The third kappa shape index (κ3) is 4.02. The fourth-order valence-corrected chi connectivity index (χ4v) is 4.11. The number of carbonyl (C=O) groups is 1. The van der Waals surface area contributed by atoms with Gasteiger partial charge in [0.05, 0.1) is 6.26 Å². The molecule has 30 heavy (non-hydrogen) atoms. The van der Waals surface area contributed by atoms with E-state index in [0.717, 1.165) is 22.1 Å². The number of primary amides is 1. The standard InChI is InChI=1S/C21H20N4O4S/c1-12-8-15-14(10-19(27)29-17(15)9-13(12)2)11-30-21-24-23-20(16-4-3-7-28-16)25(21)6-5-18(22)26/h3-4,7-10H,5-6,11H2,1-2H3,(H2,22,26). The Balaban J connectivity index is 1.68. The van der Waals surface area contributed by atoms with Gasteiger partial charge in [0.2, 0.25) is 5.91 Å². The van der Waals surface area contributed by atoms with Gasteiger partial charge in [-0.2, -0.15) is 0 Å². The van der Waals surface area contributed by atoms with Crippen molar-refractivity contribution in [3.8, 4) is 11.6 Å². The van der Waals surface area contributed by atoms with E-state index in [-0.39, 0.29) is 6.42 Å². The molecule has 0 atom stereocenters. The van der Waals surface area contributed by atoms with Gasteiger partial charge in [-0.05, 0) is 54.8 Å². The average Bonchev–Trinajstić information content (AvgIpc) is 3.35. The minimum Gasteiger partial charge on any atom is -0.461 e. The number of benzene rings is 1. The number of hydrogen-bond acceptors (Lipinski definition) is 7. The van der Waals surface area contributed by atoms with E-state index in [1.54, 1.807) is 23.0 Å². The third-order valence-electron chi connectivity index (χ3n) is 4.84. The highest BCUT2D eigenvalue weighted by Gasteiger charge is 2.18. The summed E-state index contributed by atoms with van der Waals surface area (Å²) >= 11 is 1.42. The fraction of sp³-hybridized carbons (Fsp3) is 0.238. The van der Waals surface area contributed by atoms with Crippen molar-refractivity contribution < 1.29 is 13.6 Å². The van der Waals surface area contributed by atoms with Gasteiger partial charge in [0, 0.05) is 30.2 Å². The zero-order valence-electron chi connectivity index (χ0n) is 16.5. The molecule has 4 aromatic rings. The first-order valence-electron chi connectivity index (χ1n) is 9.34. The van der Waals surface area contributed by atoms with Gasteiger partial charge in [-0.15, -0.1) is 10.2 Å². The molecule has 1 amide bonds. The second kappa shape index (κ2) is 8.19. The SMILES string of the molecule is Cc1cc2oc(=O)cc(CSc3nnc(-c4ccco4)n3CCC(N)=O)c2cc1C. The molecule has 0 bridgehead atoms. The molecule has 1 aromatic carbocycles. The number of hydrogen-bond donors (Lipinski definition) is 1. The predicted molar refractivity (Wildman–Crippen MR) is 113 cm³/mol. The van der Waals surface area contributed by atoms with Crippen molar-refractivity contribution in [3.05, 3.63) is 63.7 Å². The summed E-state index contributed by atoms with van der Waals surface area (Å²) in [6.45, 7) is 4.33. The number of amides is 1. The first kappa shape index (κ1) is 20.0. The highest BCUT2D eigenvalue weighted by atomic mass is 32.2. The summed E-state index contributed by atoms with van der Waals surface area (Å²) in [4.78, 5) is 23.4. The van der Waals surface area contributed by atoms with Gasteiger partial charge in [-0.25, -0.2) is 4.79 Å². The lowest BCUT2D eigenvalue weighted by atomic mass is 10.0. The summed E-state index contributed by atoms with van der Waals surface area (Å²) in [5.74, 6) is 1.14. The van der Waals surface area contributed by atoms with Gasteiger partial charge >= 0.3 is 5.63 Å². The van der Waals surface area contributed by atoms with Crippen LogP contribution in [0.1, 0.15) is 23.1 Å². The number of rotatable bonds is 7. The molecule has 0 radical (unpaired) electrons. The van der Waals surface area contributed by atoms with Gasteiger partial charge < -0.3 is 14.6 Å². The first-order chi connectivity index (χ1) is 14.4. The molecular weight excluding hydrogens is 404 g/mol. The van der Waals surface area contributed by atoms with Crippen molar-refractivity contribution in [2.75, 3.05) is 0 Å². The molecule has 154 valence electrons. The van der Waals surface area contributed by atoms with E-state index in [9.17, 15) is 9.59 Å². The number of nitrogens with two attached hydrogens (primary N) is 1. The van der Waals surface area contributed by atoms with Crippen LogP contribution in [-0.2, 0) is 17.1 Å². The molecule has 3 aromatic heterocycles. The van der Waals surface area contributed by atoms with E-state index in [2.05, 4.69) is 10.2 Å². The quantitative estimate of drug-likeness (QED) is 0.357. The smallest absolute Gasteiger partial charge is 0.336 e. The molecule has 0 aliphatic rings. The van der Waals surface area contributed by atoms with Crippen molar-refractivity contribution in [1.29, 1.82) is 0 Å². The molecule has 3 heterocycles. The van der Waals surface area contributed by atoms with E-state index in [4.69, 9.17) is 14.6 Å². The van der Waals surface area contributed by atoms with Crippen LogP contribution in [0.4, 0.5) is 0 Å². The first-order valence-corrected chi connectivity index (χ1v) is 10.3. The summed E-state index contributed by atoms with van der Waals surface area (Å²) in [5, 5.41) is 9.98. The Kier molecular flexibility index (Phi) is 5.45. The number of fused-ring (bicyclic) bond motifs is 1. The van der Waals surface area contributed by atoms with Crippen molar-refractivity contribution in [2.45, 2.75) is 37.7 Å². The van der Waals surface area contributed by atoms with E-state index in [1.165, 1.54) is 17.8 Å². The lowest BCUT2D eigenvalue weighted by Gasteiger charge is -2.10. The topological polar surface area (TPSA) is 117 Å². The van der Waals surface area contributed by atoms with Crippen LogP contribution in [-0.4, -0.2) is 20.7 Å². The number of aromatic nitrogens is 3.